The Morgan fingerprint density at radius 2 is 2.28 bits per heavy atom. The van der Waals surface area contributed by atoms with E-state index in [1.54, 1.807) is 23.1 Å². The smallest absolute Gasteiger partial charge is 0.0934 e. The van der Waals surface area contributed by atoms with Gasteiger partial charge in [-0.25, -0.2) is 0 Å². The summed E-state index contributed by atoms with van der Waals surface area (Å²) in [4.78, 5) is 2.74. The predicted octanol–water partition coefficient (Wildman–Crippen LogP) is 5.22. The number of thioether (sulfide) groups is 1. The van der Waals surface area contributed by atoms with Gasteiger partial charge in [-0.2, -0.15) is 0 Å². The molecule has 1 unspecified atom stereocenters. The monoisotopic (exact) mass is 295 g/mol. The van der Waals surface area contributed by atoms with Gasteiger partial charge in [-0.05, 0) is 48.9 Å². The Kier molecular flexibility index (Phi) is 3.55. The van der Waals surface area contributed by atoms with Gasteiger partial charge in [0.1, 0.15) is 0 Å². The number of halogens is 1. The number of benzene rings is 1. The van der Waals surface area contributed by atoms with Crippen molar-refractivity contribution < 1.29 is 0 Å². The van der Waals surface area contributed by atoms with Gasteiger partial charge >= 0.3 is 0 Å². The molecular weight excluding hydrogens is 282 g/mol. The molecule has 0 saturated heterocycles. The van der Waals surface area contributed by atoms with E-state index in [1.807, 2.05) is 0 Å². The largest absolute Gasteiger partial charge is 0.378 e. The fraction of sp³-hybridized carbons (Fsp3) is 0.286. The summed E-state index contributed by atoms with van der Waals surface area (Å²) in [6.45, 7) is 0. The summed E-state index contributed by atoms with van der Waals surface area (Å²) in [5.41, 5.74) is 2.58. The minimum Gasteiger partial charge on any atom is -0.378 e. The van der Waals surface area contributed by atoms with E-state index < -0.39 is 0 Å². The third-order valence-corrected chi connectivity index (χ3v) is 5.32. The summed E-state index contributed by atoms with van der Waals surface area (Å²) in [6.07, 6.45) is 4.42. The third-order valence-electron chi connectivity index (χ3n) is 3.26. The van der Waals surface area contributed by atoms with Gasteiger partial charge in [-0.3, -0.25) is 0 Å². The highest BCUT2D eigenvalue weighted by Gasteiger charge is 2.24. The van der Waals surface area contributed by atoms with Crippen molar-refractivity contribution in [3.05, 3.63) is 45.1 Å². The number of thiophene rings is 1. The summed E-state index contributed by atoms with van der Waals surface area (Å²) in [6, 6.07) is 11.1. The van der Waals surface area contributed by atoms with Gasteiger partial charge < -0.3 is 5.32 Å². The first-order valence-corrected chi connectivity index (χ1v) is 8.37. The first-order chi connectivity index (χ1) is 8.76. The van der Waals surface area contributed by atoms with E-state index in [2.05, 4.69) is 41.9 Å². The number of rotatable bonds is 3. The summed E-state index contributed by atoms with van der Waals surface area (Å²) >= 11 is 9.57. The van der Waals surface area contributed by atoms with E-state index in [9.17, 15) is 0 Å². The fourth-order valence-electron chi connectivity index (χ4n) is 2.39. The van der Waals surface area contributed by atoms with Crippen molar-refractivity contribution >= 4 is 40.4 Å². The zero-order valence-electron chi connectivity index (χ0n) is 10.1. The van der Waals surface area contributed by atoms with Crippen LogP contribution >= 0.6 is 34.7 Å². The predicted molar refractivity (Wildman–Crippen MR) is 82.2 cm³/mol. The maximum atomic E-state index is 6.08. The van der Waals surface area contributed by atoms with Crippen LogP contribution in [0.15, 0.2) is 35.2 Å². The van der Waals surface area contributed by atoms with Crippen LogP contribution in [-0.4, -0.2) is 6.26 Å². The molecular formula is C14H14ClNS2. The summed E-state index contributed by atoms with van der Waals surface area (Å²) in [7, 11) is 0. The number of anilines is 1. The first-order valence-electron chi connectivity index (χ1n) is 5.95. The molecule has 0 saturated carbocycles. The average Bonchev–Trinajstić information content (AvgIpc) is 2.90. The minimum atomic E-state index is 0.417. The number of hydrogen-bond donors (Lipinski definition) is 1. The molecule has 0 aliphatic heterocycles. The van der Waals surface area contributed by atoms with Crippen LogP contribution in [0.25, 0.3) is 0 Å². The molecule has 0 radical (unpaired) electrons. The maximum Gasteiger partial charge on any atom is 0.0934 e. The Morgan fingerprint density at radius 1 is 1.39 bits per heavy atom. The van der Waals surface area contributed by atoms with Crippen molar-refractivity contribution in [3.8, 4) is 0 Å². The Labute approximate surface area is 121 Å². The van der Waals surface area contributed by atoms with E-state index in [0.717, 1.165) is 10.8 Å². The van der Waals surface area contributed by atoms with Crippen molar-refractivity contribution in [1.82, 2.24) is 0 Å². The highest BCUT2D eigenvalue weighted by atomic mass is 35.5. The topological polar surface area (TPSA) is 12.0 Å². The Morgan fingerprint density at radius 3 is 3.11 bits per heavy atom. The van der Waals surface area contributed by atoms with Crippen LogP contribution in [0.4, 0.5) is 5.69 Å². The van der Waals surface area contributed by atoms with E-state index >= 15 is 0 Å². The molecule has 0 amide bonds. The number of nitrogens with one attached hydrogen (secondary N) is 1. The van der Waals surface area contributed by atoms with Gasteiger partial charge in [-0.1, -0.05) is 17.7 Å². The van der Waals surface area contributed by atoms with Crippen LogP contribution in [0, 0.1) is 0 Å². The van der Waals surface area contributed by atoms with Crippen molar-refractivity contribution in [3.63, 3.8) is 0 Å². The maximum absolute atomic E-state index is 6.08. The van der Waals surface area contributed by atoms with Crippen LogP contribution in [0.2, 0.25) is 4.34 Å². The van der Waals surface area contributed by atoms with E-state index in [1.165, 1.54) is 27.4 Å². The Hall–Kier alpha value is -0.640. The highest BCUT2D eigenvalue weighted by Crippen LogP contribution is 2.41. The summed E-state index contributed by atoms with van der Waals surface area (Å²) < 4.78 is 0.907. The molecule has 1 atom stereocenters. The van der Waals surface area contributed by atoms with Crippen molar-refractivity contribution in [2.45, 2.75) is 23.8 Å². The second kappa shape index (κ2) is 5.16. The molecule has 1 aliphatic carbocycles. The number of aryl methyl sites for hydroxylation is 1. The van der Waals surface area contributed by atoms with Gasteiger partial charge in [0, 0.05) is 15.5 Å². The molecule has 18 heavy (non-hydrogen) atoms. The highest BCUT2D eigenvalue weighted by molar-refractivity contribution is 7.98. The van der Waals surface area contributed by atoms with E-state index in [0.29, 0.717) is 6.04 Å². The van der Waals surface area contributed by atoms with Crippen molar-refractivity contribution in [2.24, 2.45) is 0 Å². The molecule has 1 nitrogen and oxygen atoms in total. The Bertz CT molecular complexity index is 565. The van der Waals surface area contributed by atoms with Crippen molar-refractivity contribution in [1.29, 1.82) is 0 Å². The van der Waals surface area contributed by atoms with Gasteiger partial charge in [0.25, 0.3) is 0 Å². The lowest BCUT2D eigenvalue weighted by molar-refractivity contribution is 0.762. The van der Waals surface area contributed by atoms with E-state index in [4.69, 9.17) is 11.6 Å². The second-order valence-corrected chi connectivity index (χ2v) is 7.04. The van der Waals surface area contributed by atoms with Gasteiger partial charge in [0.15, 0.2) is 0 Å². The van der Waals surface area contributed by atoms with Crippen molar-refractivity contribution in [2.75, 3.05) is 11.6 Å². The lowest BCUT2D eigenvalue weighted by Gasteiger charge is -2.15. The summed E-state index contributed by atoms with van der Waals surface area (Å²) in [5, 5.41) is 3.62. The molecule has 2 aromatic rings. The first kappa shape index (κ1) is 12.4. The van der Waals surface area contributed by atoms with Gasteiger partial charge in [0.05, 0.1) is 10.4 Å². The van der Waals surface area contributed by atoms with Crippen LogP contribution in [0.3, 0.4) is 0 Å². The molecule has 0 bridgehead atoms. The molecule has 1 aliphatic rings. The normalized spacial score (nSPS) is 17.8. The van der Waals surface area contributed by atoms with Gasteiger partial charge in [-0.15, -0.1) is 23.1 Å². The molecule has 4 heteroatoms. The van der Waals surface area contributed by atoms with Crippen LogP contribution in [-0.2, 0) is 6.42 Å². The molecule has 1 aromatic carbocycles. The number of fused-ring (bicyclic) bond motifs is 1. The lowest BCUT2D eigenvalue weighted by atomic mass is 10.1. The number of hydrogen-bond acceptors (Lipinski definition) is 3. The molecule has 94 valence electrons. The molecule has 0 spiro atoms. The lowest BCUT2D eigenvalue weighted by Crippen LogP contribution is -2.06. The van der Waals surface area contributed by atoms with Gasteiger partial charge in [0.2, 0.25) is 0 Å². The third kappa shape index (κ3) is 2.40. The molecule has 1 aromatic heterocycles. The summed E-state index contributed by atoms with van der Waals surface area (Å²) in [5.74, 6) is 0. The molecule has 0 fully saturated rings. The average molecular weight is 296 g/mol. The quantitative estimate of drug-likeness (QED) is 0.779. The molecule has 1 heterocycles. The zero-order valence-corrected chi connectivity index (χ0v) is 12.5. The second-order valence-electron chi connectivity index (χ2n) is 4.40. The Balaban J connectivity index is 1.81. The fourth-order valence-corrected chi connectivity index (χ4v) is 4.21. The van der Waals surface area contributed by atoms with Crippen LogP contribution in [0.1, 0.15) is 22.9 Å². The minimum absolute atomic E-state index is 0.417. The standard InChI is InChI=1S/C14H14ClNS2/c1-17-10-4-2-3-9(7-10)16-12-5-6-13-11(12)8-14(15)18-13/h2-4,7-8,12,16H,5-6H2,1H3. The van der Waals surface area contributed by atoms with Crippen LogP contribution < -0.4 is 5.32 Å². The molecule has 1 N–H and O–H groups in total. The van der Waals surface area contributed by atoms with E-state index in [-0.39, 0.29) is 0 Å². The van der Waals surface area contributed by atoms with Crippen LogP contribution in [0.5, 0.6) is 0 Å². The molecule has 3 rings (SSSR count). The zero-order chi connectivity index (χ0) is 12.5. The SMILES string of the molecule is CSc1cccc(NC2CCc3sc(Cl)cc32)c1.